The zero-order valence-corrected chi connectivity index (χ0v) is 8.83. The molecule has 0 aliphatic carbocycles. The standard InChI is InChI=1S/C10H15ClN2/c1-9(2)13-8-10(7-12-13)5-3-4-6-11/h3,5,7-9H,4,6H2,1-2H3. The summed E-state index contributed by atoms with van der Waals surface area (Å²) in [5, 5.41) is 4.23. The van der Waals surface area contributed by atoms with E-state index in [2.05, 4.69) is 25.0 Å². The zero-order chi connectivity index (χ0) is 9.68. The predicted molar refractivity (Wildman–Crippen MR) is 57.0 cm³/mol. The van der Waals surface area contributed by atoms with E-state index >= 15 is 0 Å². The minimum absolute atomic E-state index is 0.426. The van der Waals surface area contributed by atoms with Gasteiger partial charge in [-0.1, -0.05) is 12.2 Å². The van der Waals surface area contributed by atoms with Crippen molar-refractivity contribution in [2.24, 2.45) is 0 Å². The molecular formula is C10H15ClN2. The summed E-state index contributed by atoms with van der Waals surface area (Å²) < 4.78 is 1.94. The van der Waals surface area contributed by atoms with Crippen molar-refractivity contribution in [3.8, 4) is 0 Å². The zero-order valence-electron chi connectivity index (χ0n) is 8.07. The minimum Gasteiger partial charge on any atom is -0.270 e. The van der Waals surface area contributed by atoms with Crippen molar-refractivity contribution in [3.05, 3.63) is 24.0 Å². The topological polar surface area (TPSA) is 17.8 Å². The van der Waals surface area contributed by atoms with Gasteiger partial charge < -0.3 is 0 Å². The molecule has 0 atom stereocenters. The van der Waals surface area contributed by atoms with Gasteiger partial charge in [0, 0.05) is 23.7 Å². The van der Waals surface area contributed by atoms with E-state index in [4.69, 9.17) is 11.6 Å². The highest BCUT2D eigenvalue weighted by Crippen LogP contribution is 2.07. The second kappa shape index (κ2) is 5.07. The molecule has 13 heavy (non-hydrogen) atoms. The number of hydrogen-bond acceptors (Lipinski definition) is 1. The highest BCUT2D eigenvalue weighted by molar-refractivity contribution is 6.17. The quantitative estimate of drug-likeness (QED) is 0.680. The Hall–Kier alpha value is -0.760. The highest BCUT2D eigenvalue weighted by Gasteiger charge is 1.97. The molecule has 0 aromatic carbocycles. The first-order chi connectivity index (χ1) is 6.24. The van der Waals surface area contributed by atoms with Crippen LogP contribution in [-0.2, 0) is 0 Å². The van der Waals surface area contributed by atoms with Crippen LogP contribution in [0.4, 0.5) is 0 Å². The number of nitrogens with zero attached hydrogens (tertiary/aromatic N) is 2. The number of aromatic nitrogens is 2. The maximum Gasteiger partial charge on any atom is 0.0562 e. The van der Waals surface area contributed by atoms with E-state index in [1.165, 1.54) is 0 Å². The van der Waals surface area contributed by atoms with Gasteiger partial charge in [0.25, 0.3) is 0 Å². The lowest BCUT2D eigenvalue weighted by Crippen LogP contribution is -1.99. The van der Waals surface area contributed by atoms with Gasteiger partial charge in [-0.25, -0.2) is 0 Å². The van der Waals surface area contributed by atoms with Crippen LogP contribution in [0.5, 0.6) is 0 Å². The third-order valence-electron chi connectivity index (χ3n) is 1.74. The van der Waals surface area contributed by atoms with E-state index in [9.17, 15) is 0 Å². The van der Waals surface area contributed by atoms with E-state index < -0.39 is 0 Å². The fourth-order valence-electron chi connectivity index (χ4n) is 1.00. The molecule has 3 heteroatoms. The van der Waals surface area contributed by atoms with Crippen LogP contribution < -0.4 is 0 Å². The molecule has 0 saturated heterocycles. The fraction of sp³-hybridized carbons (Fsp3) is 0.500. The van der Waals surface area contributed by atoms with Gasteiger partial charge >= 0.3 is 0 Å². The molecule has 0 spiro atoms. The maximum atomic E-state index is 5.55. The summed E-state index contributed by atoms with van der Waals surface area (Å²) >= 11 is 5.55. The van der Waals surface area contributed by atoms with Crippen LogP contribution in [0.2, 0.25) is 0 Å². The van der Waals surface area contributed by atoms with Crippen LogP contribution in [0.1, 0.15) is 31.9 Å². The molecule has 1 aromatic heterocycles. The smallest absolute Gasteiger partial charge is 0.0562 e. The van der Waals surface area contributed by atoms with Crippen molar-refractivity contribution in [1.82, 2.24) is 9.78 Å². The van der Waals surface area contributed by atoms with Crippen molar-refractivity contribution in [2.75, 3.05) is 5.88 Å². The molecule has 0 bridgehead atoms. The van der Waals surface area contributed by atoms with Crippen LogP contribution in [0.15, 0.2) is 18.5 Å². The molecule has 0 saturated carbocycles. The number of halogens is 1. The SMILES string of the molecule is CC(C)n1cc(C=CCCCl)cn1. The molecule has 0 aliphatic heterocycles. The van der Waals surface area contributed by atoms with Crippen molar-refractivity contribution in [3.63, 3.8) is 0 Å². The summed E-state index contributed by atoms with van der Waals surface area (Å²) in [5.41, 5.74) is 1.14. The number of allylic oxidation sites excluding steroid dienone is 1. The number of alkyl halides is 1. The Kier molecular flexibility index (Phi) is 4.03. The Balaban J connectivity index is 2.58. The molecule has 0 N–H and O–H groups in total. The van der Waals surface area contributed by atoms with E-state index in [1.54, 1.807) is 0 Å². The van der Waals surface area contributed by atoms with Crippen LogP contribution in [0, 0.1) is 0 Å². The first kappa shape index (κ1) is 10.3. The van der Waals surface area contributed by atoms with E-state index in [0.717, 1.165) is 12.0 Å². The van der Waals surface area contributed by atoms with Crippen LogP contribution >= 0.6 is 11.6 Å². The normalized spacial score (nSPS) is 11.7. The second-order valence-electron chi connectivity index (χ2n) is 3.23. The fourth-order valence-corrected chi connectivity index (χ4v) is 1.13. The van der Waals surface area contributed by atoms with Crippen molar-refractivity contribution in [1.29, 1.82) is 0 Å². The second-order valence-corrected chi connectivity index (χ2v) is 3.61. The number of hydrogen-bond donors (Lipinski definition) is 0. The summed E-state index contributed by atoms with van der Waals surface area (Å²) in [7, 11) is 0. The molecule has 0 amide bonds. The highest BCUT2D eigenvalue weighted by atomic mass is 35.5. The largest absolute Gasteiger partial charge is 0.270 e. The minimum atomic E-state index is 0.426. The average molecular weight is 199 g/mol. The average Bonchev–Trinajstić information content (AvgIpc) is 2.53. The third kappa shape index (κ3) is 3.23. The van der Waals surface area contributed by atoms with Gasteiger partial charge in [-0.05, 0) is 20.3 Å². The molecule has 1 aromatic rings. The molecule has 0 radical (unpaired) electrons. The molecule has 72 valence electrons. The van der Waals surface area contributed by atoms with Crippen LogP contribution in [0.3, 0.4) is 0 Å². The molecule has 1 rings (SSSR count). The predicted octanol–water partition coefficient (Wildman–Crippen LogP) is 3.11. The maximum absolute atomic E-state index is 5.55. The van der Waals surface area contributed by atoms with Gasteiger partial charge in [-0.2, -0.15) is 5.10 Å². The van der Waals surface area contributed by atoms with Crippen molar-refractivity contribution < 1.29 is 0 Å². The lowest BCUT2D eigenvalue weighted by Gasteiger charge is -2.02. The van der Waals surface area contributed by atoms with Gasteiger partial charge in [-0.15, -0.1) is 11.6 Å². The van der Waals surface area contributed by atoms with E-state index in [-0.39, 0.29) is 0 Å². The summed E-state index contributed by atoms with van der Waals surface area (Å²) in [6, 6.07) is 0.426. The Bertz CT molecular complexity index is 276. The molecule has 0 aliphatic rings. The van der Waals surface area contributed by atoms with Crippen LogP contribution in [0.25, 0.3) is 6.08 Å². The van der Waals surface area contributed by atoms with E-state index in [1.807, 2.05) is 23.2 Å². The Morgan fingerprint density at radius 2 is 2.38 bits per heavy atom. The van der Waals surface area contributed by atoms with Crippen LogP contribution in [-0.4, -0.2) is 15.7 Å². The lowest BCUT2D eigenvalue weighted by atomic mass is 10.3. The Morgan fingerprint density at radius 3 is 2.92 bits per heavy atom. The van der Waals surface area contributed by atoms with Gasteiger partial charge in [-0.3, -0.25) is 4.68 Å². The summed E-state index contributed by atoms with van der Waals surface area (Å²) in [5.74, 6) is 0.675. The van der Waals surface area contributed by atoms with Gasteiger partial charge in [0.15, 0.2) is 0 Å². The Morgan fingerprint density at radius 1 is 1.62 bits per heavy atom. The first-order valence-electron chi connectivity index (χ1n) is 4.50. The Labute approximate surface area is 84.2 Å². The van der Waals surface area contributed by atoms with Gasteiger partial charge in [0.05, 0.1) is 6.20 Å². The molecular weight excluding hydrogens is 184 g/mol. The molecule has 0 unspecified atom stereocenters. The van der Waals surface area contributed by atoms with Crippen molar-refractivity contribution >= 4 is 17.7 Å². The lowest BCUT2D eigenvalue weighted by molar-refractivity contribution is 0.532. The molecule has 1 heterocycles. The third-order valence-corrected chi connectivity index (χ3v) is 1.95. The summed E-state index contributed by atoms with van der Waals surface area (Å²) in [6.45, 7) is 4.22. The number of rotatable bonds is 4. The molecule has 2 nitrogen and oxygen atoms in total. The molecule has 0 fully saturated rings. The van der Waals surface area contributed by atoms with Gasteiger partial charge in [0.2, 0.25) is 0 Å². The monoisotopic (exact) mass is 198 g/mol. The first-order valence-corrected chi connectivity index (χ1v) is 5.04. The summed E-state index contributed by atoms with van der Waals surface area (Å²) in [4.78, 5) is 0. The van der Waals surface area contributed by atoms with Gasteiger partial charge in [0.1, 0.15) is 0 Å². The van der Waals surface area contributed by atoms with E-state index in [0.29, 0.717) is 11.9 Å². The van der Waals surface area contributed by atoms with Crippen molar-refractivity contribution in [2.45, 2.75) is 26.3 Å². The summed E-state index contributed by atoms with van der Waals surface area (Å²) in [6.07, 6.45) is 8.93.